The molecule has 3 aromatic rings. The lowest BCUT2D eigenvalue weighted by molar-refractivity contribution is -0.384. The Labute approximate surface area is 166 Å². The summed E-state index contributed by atoms with van der Waals surface area (Å²) in [6.45, 7) is 1.37. The van der Waals surface area contributed by atoms with Gasteiger partial charge in [0.25, 0.3) is 5.69 Å². The van der Waals surface area contributed by atoms with E-state index in [-0.39, 0.29) is 17.5 Å². The lowest BCUT2D eigenvalue weighted by Crippen LogP contribution is -2.38. The second kappa shape index (κ2) is 7.90. The van der Waals surface area contributed by atoms with Gasteiger partial charge in [0.1, 0.15) is 0 Å². The highest BCUT2D eigenvalue weighted by Gasteiger charge is 2.26. The Kier molecular flexibility index (Phi) is 5.16. The Hall–Kier alpha value is -3.06. The molecular weight excluding hydrogens is 374 g/mol. The fraction of sp³-hybridized carbons (Fsp3) is 0.238. The van der Waals surface area contributed by atoms with Crippen LogP contribution in [0.1, 0.15) is 29.3 Å². The van der Waals surface area contributed by atoms with Crippen molar-refractivity contribution < 1.29 is 9.72 Å². The van der Waals surface area contributed by atoms with E-state index < -0.39 is 4.92 Å². The van der Waals surface area contributed by atoms with Gasteiger partial charge in [-0.1, -0.05) is 24.3 Å². The summed E-state index contributed by atoms with van der Waals surface area (Å²) in [6, 6.07) is 14.4. The fourth-order valence-electron chi connectivity index (χ4n) is 3.46. The van der Waals surface area contributed by atoms with Crippen molar-refractivity contribution in [1.82, 2.24) is 9.88 Å². The third kappa shape index (κ3) is 3.94. The molecule has 1 aliphatic heterocycles. The van der Waals surface area contributed by atoms with E-state index in [1.807, 2.05) is 23.1 Å². The van der Waals surface area contributed by atoms with Crippen molar-refractivity contribution in [2.75, 3.05) is 13.1 Å². The monoisotopic (exact) mass is 393 g/mol. The number of hydrogen-bond donors (Lipinski definition) is 0. The van der Waals surface area contributed by atoms with E-state index in [4.69, 9.17) is 4.98 Å². The third-order valence-corrected chi connectivity index (χ3v) is 6.09. The molecule has 0 bridgehead atoms. The van der Waals surface area contributed by atoms with Crippen molar-refractivity contribution in [3.05, 3.63) is 75.3 Å². The molecule has 2 heterocycles. The van der Waals surface area contributed by atoms with Gasteiger partial charge in [-0.25, -0.2) is 4.98 Å². The number of aromatic nitrogens is 1. The van der Waals surface area contributed by atoms with Gasteiger partial charge in [-0.2, -0.15) is 0 Å². The van der Waals surface area contributed by atoms with Gasteiger partial charge in [0, 0.05) is 37.2 Å². The summed E-state index contributed by atoms with van der Waals surface area (Å²) >= 11 is 1.70. The lowest BCUT2D eigenvalue weighted by atomic mass is 9.98. The minimum absolute atomic E-state index is 0.0171. The van der Waals surface area contributed by atoms with E-state index in [2.05, 4.69) is 6.07 Å². The Morgan fingerprint density at radius 3 is 2.93 bits per heavy atom. The highest BCUT2D eigenvalue weighted by molar-refractivity contribution is 7.18. The van der Waals surface area contributed by atoms with Gasteiger partial charge in [-0.15, -0.1) is 11.3 Å². The van der Waals surface area contributed by atoms with Crippen molar-refractivity contribution in [3.8, 4) is 0 Å². The van der Waals surface area contributed by atoms with Crippen LogP contribution < -0.4 is 0 Å². The largest absolute Gasteiger partial charge is 0.338 e. The van der Waals surface area contributed by atoms with Crippen LogP contribution in [0.3, 0.4) is 0 Å². The predicted molar refractivity (Wildman–Crippen MR) is 110 cm³/mol. The van der Waals surface area contributed by atoms with Crippen molar-refractivity contribution in [2.24, 2.45) is 0 Å². The molecule has 2 aromatic carbocycles. The predicted octanol–water partition coefficient (Wildman–Crippen LogP) is 4.62. The van der Waals surface area contributed by atoms with E-state index in [0.29, 0.717) is 12.1 Å². The molecule has 1 saturated heterocycles. The van der Waals surface area contributed by atoms with Crippen LogP contribution in [0.15, 0.2) is 54.6 Å². The summed E-state index contributed by atoms with van der Waals surface area (Å²) in [5, 5.41) is 12.0. The van der Waals surface area contributed by atoms with Crippen LogP contribution >= 0.6 is 11.3 Å². The number of piperidine rings is 1. The van der Waals surface area contributed by atoms with Crippen LogP contribution in [-0.2, 0) is 4.79 Å². The number of likely N-dealkylation sites (tertiary alicyclic amines) is 1. The number of nitro groups is 1. The number of carbonyl (C=O) groups excluding carboxylic acids is 1. The minimum atomic E-state index is -0.438. The van der Waals surface area contributed by atoms with E-state index in [1.54, 1.807) is 29.5 Å². The zero-order valence-corrected chi connectivity index (χ0v) is 16.0. The highest BCUT2D eigenvalue weighted by Crippen LogP contribution is 2.33. The van der Waals surface area contributed by atoms with Crippen LogP contribution in [0.4, 0.5) is 5.69 Å². The maximum Gasteiger partial charge on any atom is 0.270 e. The Morgan fingerprint density at radius 1 is 1.25 bits per heavy atom. The van der Waals surface area contributed by atoms with Gasteiger partial charge in [-0.3, -0.25) is 14.9 Å². The normalized spacial score (nSPS) is 17.3. The van der Waals surface area contributed by atoms with Crippen molar-refractivity contribution in [3.63, 3.8) is 0 Å². The van der Waals surface area contributed by atoms with Crippen LogP contribution in [0.2, 0.25) is 0 Å². The molecule has 0 radical (unpaired) electrons. The second-order valence-electron chi connectivity index (χ2n) is 6.83. The Balaban J connectivity index is 1.46. The molecule has 1 aromatic heterocycles. The molecule has 1 atom stereocenters. The summed E-state index contributed by atoms with van der Waals surface area (Å²) < 4.78 is 1.17. The molecule has 28 heavy (non-hydrogen) atoms. The first-order valence-corrected chi connectivity index (χ1v) is 9.99. The van der Waals surface area contributed by atoms with Crippen LogP contribution in [0.25, 0.3) is 16.3 Å². The number of fused-ring (bicyclic) bond motifs is 1. The minimum Gasteiger partial charge on any atom is -0.338 e. The lowest BCUT2D eigenvalue weighted by Gasteiger charge is -2.31. The smallest absolute Gasteiger partial charge is 0.270 e. The molecule has 0 spiro atoms. The van der Waals surface area contributed by atoms with Gasteiger partial charge in [0.15, 0.2) is 0 Å². The number of nitrogens with zero attached hydrogens (tertiary/aromatic N) is 3. The summed E-state index contributed by atoms with van der Waals surface area (Å²) in [6.07, 6.45) is 5.10. The first-order chi connectivity index (χ1) is 13.6. The molecule has 142 valence electrons. The van der Waals surface area contributed by atoms with E-state index in [0.717, 1.165) is 29.9 Å². The number of amides is 1. The molecule has 0 saturated carbocycles. The van der Waals surface area contributed by atoms with E-state index in [9.17, 15) is 14.9 Å². The summed E-state index contributed by atoms with van der Waals surface area (Å²) in [5.74, 6) is 0.179. The molecule has 4 rings (SSSR count). The number of hydrogen-bond acceptors (Lipinski definition) is 5. The van der Waals surface area contributed by atoms with Crippen molar-refractivity contribution in [1.29, 1.82) is 0 Å². The quantitative estimate of drug-likeness (QED) is 0.368. The molecule has 1 amide bonds. The van der Waals surface area contributed by atoms with Crippen LogP contribution in [0, 0.1) is 10.1 Å². The Morgan fingerprint density at radius 2 is 2.11 bits per heavy atom. The molecule has 6 nitrogen and oxygen atoms in total. The summed E-state index contributed by atoms with van der Waals surface area (Å²) in [7, 11) is 0. The third-order valence-electron chi connectivity index (χ3n) is 4.89. The number of benzene rings is 2. The molecule has 0 aliphatic carbocycles. The SMILES string of the molecule is O=C(/C=C/c1cccc([N+](=O)[O-])c1)N1CCC[C@@H](c2nc3ccccc3s2)C1. The fourth-order valence-corrected chi connectivity index (χ4v) is 4.55. The zero-order valence-electron chi connectivity index (χ0n) is 15.2. The molecular formula is C21H19N3O3S. The number of carbonyl (C=O) groups is 1. The maximum atomic E-state index is 12.6. The highest BCUT2D eigenvalue weighted by atomic mass is 32.1. The van der Waals surface area contributed by atoms with Gasteiger partial charge < -0.3 is 4.90 Å². The van der Waals surface area contributed by atoms with Crippen molar-refractivity contribution in [2.45, 2.75) is 18.8 Å². The zero-order chi connectivity index (χ0) is 19.5. The molecule has 1 aliphatic rings. The average Bonchev–Trinajstić information content (AvgIpc) is 3.16. The molecule has 1 fully saturated rings. The van der Waals surface area contributed by atoms with E-state index >= 15 is 0 Å². The Bertz CT molecular complexity index is 1030. The first kappa shape index (κ1) is 18.3. The van der Waals surface area contributed by atoms with Crippen LogP contribution in [-0.4, -0.2) is 33.8 Å². The van der Waals surface area contributed by atoms with E-state index in [1.165, 1.54) is 22.9 Å². The van der Waals surface area contributed by atoms with Gasteiger partial charge in [0.05, 0.1) is 20.1 Å². The topological polar surface area (TPSA) is 76.3 Å². The maximum absolute atomic E-state index is 12.6. The first-order valence-electron chi connectivity index (χ1n) is 9.17. The number of nitro benzene ring substituents is 1. The van der Waals surface area contributed by atoms with Crippen molar-refractivity contribution >= 4 is 39.2 Å². The standard InChI is InChI=1S/C21H19N3O3S/c25-20(11-10-15-5-3-7-17(13-15)24(26)27)23-12-4-6-16(14-23)21-22-18-8-1-2-9-19(18)28-21/h1-3,5,7-11,13,16H,4,6,12,14H2/b11-10+/t16-/m1/s1. The van der Waals surface area contributed by atoms with Gasteiger partial charge in [0.2, 0.25) is 5.91 Å². The molecule has 0 N–H and O–H groups in total. The number of rotatable bonds is 4. The summed E-state index contributed by atoms with van der Waals surface area (Å²) in [4.78, 5) is 29.7. The number of thiazole rings is 1. The second-order valence-corrected chi connectivity index (χ2v) is 7.89. The average molecular weight is 393 g/mol. The van der Waals surface area contributed by atoms with Crippen LogP contribution in [0.5, 0.6) is 0 Å². The molecule has 0 unspecified atom stereocenters. The number of non-ortho nitro benzene ring substituents is 1. The summed E-state index contributed by atoms with van der Waals surface area (Å²) in [5.41, 5.74) is 1.67. The van der Waals surface area contributed by atoms with Gasteiger partial charge >= 0.3 is 0 Å². The number of para-hydroxylation sites is 1. The van der Waals surface area contributed by atoms with Gasteiger partial charge in [-0.05, 0) is 36.6 Å². The molecule has 7 heteroatoms.